The van der Waals surface area contributed by atoms with Crippen LogP contribution in [0, 0.1) is 0 Å². The second-order valence-corrected chi connectivity index (χ2v) is 8.26. The number of aliphatic hydroxyl groups is 4. The quantitative estimate of drug-likeness (QED) is 0.186. The van der Waals surface area contributed by atoms with Crippen LogP contribution in [0.15, 0.2) is 51.7 Å². The Hall–Kier alpha value is -4.01. The van der Waals surface area contributed by atoms with Crippen molar-refractivity contribution in [3.8, 4) is 28.6 Å². The number of hydrogen-bond acceptors (Lipinski definition) is 13. The van der Waals surface area contributed by atoms with Gasteiger partial charge in [0.25, 0.3) is 0 Å². The predicted octanol–water partition coefficient (Wildman–Crippen LogP) is -0.492. The number of aromatic hydroxyl groups is 2. The zero-order valence-corrected chi connectivity index (χ0v) is 19.0. The topological polar surface area (TPSA) is 213 Å². The smallest absolute Gasteiger partial charge is 0.352 e. The van der Waals surface area contributed by atoms with E-state index in [1.807, 2.05) is 0 Å². The van der Waals surface area contributed by atoms with Gasteiger partial charge in [-0.15, -0.1) is 0 Å². The average molecular weight is 518 g/mol. The number of ether oxygens (including phenoxy) is 3. The Balaban J connectivity index is 1.51. The number of carbonyl (C=O) groups excluding carboxylic acids is 2. The summed E-state index contributed by atoms with van der Waals surface area (Å²) in [7, 11) is 0. The lowest BCUT2D eigenvalue weighted by Crippen LogP contribution is -2.60. The molecule has 0 saturated carbocycles. The summed E-state index contributed by atoms with van der Waals surface area (Å²) in [6, 6.07) is 9.08. The molecule has 1 aliphatic heterocycles. The summed E-state index contributed by atoms with van der Waals surface area (Å²) in [6.45, 7) is 1.13. The molecule has 4 rings (SSSR count). The van der Waals surface area contributed by atoms with Crippen LogP contribution < -0.4 is 10.2 Å². The number of carbonyl (C=O) groups is 2. The fourth-order valence-electron chi connectivity index (χ4n) is 3.61. The summed E-state index contributed by atoms with van der Waals surface area (Å²) in [5.74, 6) is -3.14. The maximum absolute atomic E-state index is 12.5. The molecule has 1 fully saturated rings. The molecule has 1 saturated heterocycles. The highest BCUT2D eigenvalue weighted by atomic mass is 16.7. The zero-order chi connectivity index (χ0) is 27.0. The third-order valence-electron chi connectivity index (χ3n) is 5.60. The number of phenols is 2. The largest absolute Gasteiger partial charge is 0.508 e. The van der Waals surface area contributed by atoms with Crippen molar-refractivity contribution in [2.75, 3.05) is 0 Å². The lowest BCUT2D eigenvalue weighted by molar-refractivity contribution is -0.281. The van der Waals surface area contributed by atoms with Crippen molar-refractivity contribution >= 4 is 22.9 Å². The number of phenolic OH excluding ortho intramolecular Hbond substituents is 2. The summed E-state index contributed by atoms with van der Waals surface area (Å²) in [5, 5.41) is 58.3. The van der Waals surface area contributed by atoms with E-state index in [1.165, 1.54) is 24.3 Å². The second kappa shape index (κ2) is 10.2. The van der Waals surface area contributed by atoms with Crippen molar-refractivity contribution in [3.63, 3.8) is 0 Å². The summed E-state index contributed by atoms with van der Waals surface area (Å²) in [5.41, 5.74) is -0.250. The molecule has 13 nitrogen and oxygen atoms in total. The Bertz CT molecular complexity index is 1380. The van der Waals surface area contributed by atoms with E-state index in [2.05, 4.69) is 0 Å². The van der Waals surface area contributed by atoms with E-state index < -0.39 is 59.9 Å². The van der Waals surface area contributed by atoms with Crippen LogP contribution >= 0.6 is 0 Å². The summed E-state index contributed by atoms with van der Waals surface area (Å²) < 4.78 is 20.5. The third kappa shape index (κ3) is 5.26. The van der Waals surface area contributed by atoms with E-state index >= 15 is 0 Å². The predicted molar refractivity (Wildman–Crippen MR) is 121 cm³/mol. The third-order valence-corrected chi connectivity index (χ3v) is 5.60. The maximum atomic E-state index is 12.5. The SMILES string of the molecule is CC(OC(=O)C1OC(O)C(O)C(O)C1O)C(=O)Oc1cc(O)c2c(=O)cc(-c3ccc(O)cc3)oc2c1. The molecular formula is C24H22O13. The highest BCUT2D eigenvalue weighted by Gasteiger charge is 2.47. The molecule has 0 amide bonds. The van der Waals surface area contributed by atoms with Gasteiger partial charge >= 0.3 is 11.9 Å². The highest BCUT2D eigenvalue weighted by Crippen LogP contribution is 2.32. The van der Waals surface area contributed by atoms with Gasteiger partial charge < -0.3 is 49.3 Å². The zero-order valence-electron chi connectivity index (χ0n) is 19.0. The van der Waals surface area contributed by atoms with E-state index in [0.717, 1.165) is 25.1 Å². The molecule has 196 valence electrons. The van der Waals surface area contributed by atoms with E-state index in [4.69, 9.17) is 18.6 Å². The number of fused-ring (bicyclic) bond motifs is 1. The molecule has 6 N–H and O–H groups in total. The monoisotopic (exact) mass is 518 g/mol. The van der Waals surface area contributed by atoms with Gasteiger partial charge in [-0.2, -0.15) is 0 Å². The first-order valence-corrected chi connectivity index (χ1v) is 10.9. The molecule has 2 heterocycles. The number of aliphatic hydroxyl groups excluding tert-OH is 4. The highest BCUT2D eigenvalue weighted by molar-refractivity contribution is 5.88. The Morgan fingerprint density at radius 1 is 0.946 bits per heavy atom. The van der Waals surface area contributed by atoms with Crippen LogP contribution in [-0.4, -0.2) is 79.4 Å². The van der Waals surface area contributed by atoms with Gasteiger partial charge in [-0.3, -0.25) is 4.79 Å². The van der Waals surface area contributed by atoms with E-state index in [1.54, 1.807) is 0 Å². The van der Waals surface area contributed by atoms with Gasteiger partial charge in [-0.05, 0) is 31.2 Å². The molecule has 0 bridgehead atoms. The maximum Gasteiger partial charge on any atom is 0.352 e. The van der Waals surface area contributed by atoms with E-state index in [0.29, 0.717) is 5.56 Å². The number of rotatable bonds is 5. The Morgan fingerprint density at radius 3 is 2.30 bits per heavy atom. The molecule has 6 unspecified atom stereocenters. The van der Waals surface area contributed by atoms with Crippen molar-refractivity contribution < 1.29 is 58.9 Å². The number of hydrogen-bond donors (Lipinski definition) is 6. The minimum Gasteiger partial charge on any atom is -0.508 e. The van der Waals surface area contributed by atoms with Gasteiger partial charge in [0.2, 0.25) is 0 Å². The van der Waals surface area contributed by atoms with Crippen molar-refractivity contribution in [3.05, 3.63) is 52.7 Å². The van der Waals surface area contributed by atoms with Crippen molar-refractivity contribution in [1.29, 1.82) is 0 Å². The fourth-order valence-corrected chi connectivity index (χ4v) is 3.61. The van der Waals surface area contributed by atoms with Crippen molar-refractivity contribution in [1.82, 2.24) is 0 Å². The summed E-state index contributed by atoms with van der Waals surface area (Å²) in [4.78, 5) is 37.3. The van der Waals surface area contributed by atoms with Crippen LogP contribution in [0.3, 0.4) is 0 Å². The normalized spacial score (nSPS) is 24.4. The Kier molecular flexibility index (Phi) is 7.16. The van der Waals surface area contributed by atoms with Crippen LogP contribution in [0.1, 0.15) is 6.92 Å². The van der Waals surface area contributed by atoms with Gasteiger partial charge in [-0.1, -0.05) is 0 Å². The minimum absolute atomic E-state index is 0.00283. The van der Waals surface area contributed by atoms with Gasteiger partial charge in [0.1, 0.15) is 52.3 Å². The average Bonchev–Trinajstić information content (AvgIpc) is 2.84. The van der Waals surface area contributed by atoms with Gasteiger partial charge in [-0.25, -0.2) is 9.59 Å². The van der Waals surface area contributed by atoms with Gasteiger partial charge in [0, 0.05) is 23.8 Å². The molecular weight excluding hydrogens is 496 g/mol. The van der Waals surface area contributed by atoms with E-state index in [-0.39, 0.29) is 28.2 Å². The lowest BCUT2D eigenvalue weighted by Gasteiger charge is -2.37. The molecule has 0 spiro atoms. The minimum atomic E-state index is -1.99. The first kappa shape index (κ1) is 26.1. The van der Waals surface area contributed by atoms with Crippen molar-refractivity contribution in [2.24, 2.45) is 0 Å². The summed E-state index contributed by atoms with van der Waals surface area (Å²) >= 11 is 0. The standard InChI is InChI=1S/C24H22O13/c1-9(34-24(33)21-19(29)18(28)20(30)23(32)37-21)22(31)35-12-6-13(26)17-14(27)8-15(36-16(17)7-12)10-2-4-11(25)5-3-10/h2-9,18-21,23,25-26,28-30,32H,1H3. The van der Waals surface area contributed by atoms with Gasteiger partial charge in [0.15, 0.2) is 23.9 Å². The van der Waals surface area contributed by atoms with Crippen LogP contribution in [0.25, 0.3) is 22.3 Å². The molecule has 1 aliphatic rings. The first-order valence-electron chi connectivity index (χ1n) is 10.9. The molecule has 6 atom stereocenters. The van der Waals surface area contributed by atoms with Crippen LogP contribution in [0.2, 0.25) is 0 Å². The fraction of sp³-hybridized carbons (Fsp3) is 0.292. The number of benzene rings is 2. The van der Waals surface area contributed by atoms with Crippen LogP contribution in [0.5, 0.6) is 17.2 Å². The molecule has 13 heteroatoms. The van der Waals surface area contributed by atoms with Crippen molar-refractivity contribution in [2.45, 2.75) is 43.7 Å². The van der Waals surface area contributed by atoms with Crippen LogP contribution in [-0.2, 0) is 19.1 Å². The lowest BCUT2D eigenvalue weighted by atomic mass is 9.99. The molecule has 1 aromatic heterocycles. The molecule has 2 aromatic carbocycles. The van der Waals surface area contributed by atoms with E-state index in [9.17, 15) is 45.0 Å². The molecule has 3 aromatic rings. The number of esters is 2. The summed E-state index contributed by atoms with van der Waals surface area (Å²) in [6.07, 6.45) is -11.2. The Morgan fingerprint density at radius 2 is 1.62 bits per heavy atom. The van der Waals surface area contributed by atoms with Gasteiger partial charge in [0.05, 0.1) is 0 Å². The Labute approximate surface area is 207 Å². The molecule has 37 heavy (non-hydrogen) atoms. The molecule has 0 radical (unpaired) electrons. The van der Waals surface area contributed by atoms with Crippen LogP contribution in [0.4, 0.5) is 0 Å². The second-order valence-electron chi connectivity index (χ2n) is 8.26. The first-order chi connectivity index (χ1) is 17.5. The molecule has 0 aliphatic carbocycles.